The summed E-state index contributed by atoms with van der Waals surface area (Å²) in [5.74, 6) is 0.881. The van der Waals surface area contributed by atoms with Crippen LogP contribution in [0, 0.1) is 0 Å². The van der Waals surface area contributed by atoms with Crippen LogP contribution in [0.2, 0.25) is 0 Å². The van der Waals surface area contributed by atoms with Crippen molar-refractivity contribution in [2.75, 3.05) is 37.9 Å². The maximum atomic E-state index is 12.3. The molecule has 0 aromatic carbocycles. The maximum absolute atomic E-state index is 12.3. The lowest BCUT2D eigenvalue weighted by atomic mass is 10.2. The summed E-state index contributed by atoms with van der Waals surface area (Å²) in [6.45, 7) is 4.26. The van der Waals surface area contributed by atoms with E-state index in [0.717, 1.165) is 12.1 Å². The van der Waals surface area contributed by atoms with E-state index in [1.807, 2.05) is 25.1 Å². The van der Waals surface area contributed by atoms with Crippen LogP contribution < -0.4 is 4.90 Å². The van der Waals surface area contributed by atoms with Gasteiger partial charge < -0.3 is 14.5 Å². The first-order valence-electron chi connectivity index (χ1n) is 7.83. The highest BCUT2D eigenvalue weighted by atomic mass is 32.2. The number of carbonyl (C=O) groups excluding carboxylic acids is 1. The zero-order valence-corrected chi connectivity index (χ0v) is 15.5. The van der Waals surface area contributed by atoms with Gasteiger partial charge in [-0.1, -0.05) is 12.7 Å². The molecule has 0 radical (unpaired) electrons. The van der Waals surface area contributed by atoms with Gasteiger partial charge in [0.05, 0.1) is 31.1 Å². The molecule has 2 atom stereocenters. The Kier molecular flexibility index (Phi) is 6.07. The molecule has 0 aliphatic carbocycles. The molecule has 1 fully saturated rings. The Labute approximate surface area is 147 Å². The number of hydrogen-bond acceptors (Lipinski definition) is 7. The van der Waals surface area contributed by atoms with E-state index < -0.39 is 22.3 Å². The largest absolute Gasteiger partial charge is 0.445 e. The minimum absolute atomic E-state index is 0.0945. The molecule has 2 heterocycles. The Morgan fingerprint density at radius 3 is 2.84 bits per heavy atom. The molecule has 2 rings (SSSR count). The number of nitrogens with zero attached hydrogens (tertiary/aromatic N) is 4. The number of aryl methyl sites for hydroxylation is 1. The molecule has 1 aliphatic heterocycles. The third kappa shape index (κ3) is 5.20. The molecular weight excluding hydrogens is 348 g/mol. The normalized spacial score (nSPS) is 20.5. The number of amides is 1. The molecule has 25 heavy (non-hydrogen) atoms. The van der Waals surface area contributed by atoms with Crippen molar-refractivity contribution in [3.05, 3.63) is 24.9 Å². The first-order chi connectivity index (χ1) is 11.7. The van der Waals surface area contributed by atoms with Gasteiger partial charge in [0.15, 0.2) is 0 Å². The lowest BCUT2D eigenvalue weighted by Crippen LogP contribution is -2.43. The molecule has 0 N–H and O–H groups in total. The third-order valence-electron chi connectivity index (χ3n) is 3.92. The molecule has 10 heteroatoms. The monoisotopic (exact) mass is 372 g/mol. The van der Waals surface area contributed by atoms with Crippen LogP contribution in [-0.4, -0.2) is 74.3 Å². The lowest BCUT2D eigenvalue weighted by molar-refractivity contribution is 0.105. The van der Waals surface area contributed by atoms with Crippen molar-refractivity contribution in [3.63, 3.8) is 0 Å². The Morgan fingerprint density at radius 2 is 2.28 bits per heavy atom. The predicted octanol–water partition coefficient (Wildman–Crippen LogP) is 0.598. The van der Waals surface area contributed by atoms with Gasteiger partial charge >= 0.3 is 6.09 Å². The highest BCUT2D eigenvalue weighted by Crippen LogP contribution is 2.24. The molecule has 1 aromatic heterocycles. The summed E-state index contributed by atoms with van der Waals surface area (Å²) in [6, 6.07) is 1.61. The van der Waals surface area contributed by atoms with Gasteiger partial charge in [-0.25, -0.2) is 4.79 Å². The Bertz CT molecular complexity index is 717. The molecule has 1 saturated heterocycles. The topological polar surface area (TPSA) is 94.0 Å². The minimum atomic E-state index is -3.60. The van der Waals surface area contributed by atoms with Gasteiger partial charge in [-0.05, 0) is 6.42 Å². The van der Waals surface area contributed by atoms with Crippen molar-refractivity contribution in [3.8, 4) is 0 Å². The van der Waals surface area contributed by atoms with Crippen molar-refractivity contribution in [1.29, 1.82) is 0 Å². The fraction of sp³-hybridized carbons (Fsp3) is 0.600. The summed E-state index contributed by atoms with van der Waals surface area (Å²) in [4.78, 5) is 15.7. The first-order valence-corrected chi connectivity index (χ1v) is 9.64. The van der Waals surface area contributed by atoms with Crippen LogP contribution in [0.4, 0.5) is 10.6 Å². The maximum Gasteiger partial charge on any atom is 0.410 e. The molecule has 0 unspecified atom stereocenters. The van der Waals surface area contributed by atoms with Crippen molar-refractivity contribution in [1.82, 2.24) is 14.7 Å². The number of anilines is 1. The SMILES string of the molecule is C=CCOC(=O)N1C[C@H](OS(C)(=O)=O)C[C@H]1CN(C)c1ccnn1C. The molecule has 1 amide bonds. The molecule has 0 bridgehead atoms. The molecule has 140 valence electrons. The van der Waals surface area contributed by atoms with E-state index in [-0.39, 0.29) is 19.2 Å². The number of carbonyl (C=O) groups is 1. The fourth-order valence-corrected chi connectivity index (χ4v) is 3.59. The van der Waals surface area contributed by atoms with E-state index in [9.17, 15) is 13.2 Å². The number of ether oxygens (including phenoxy) is 1. The average molecular weight is 372 g/mol. The molecular formula is C15H24N4O5S. The molecule has 0 spiro atoms. The molecule has 9 nitrogen and oxygen atoms in total. The quantitative estimate of drug-likeness (QED) is 0.511. The predicted molar refractivity (Wildman–Crippen MR) is 92.9 cm³/mol. The highest BCUT2D eigenvalue weighted by Gasteiger charge is 2.39. The van der Waals surface area contributed by atoms with E-state index in [1.54, 1.807) is 10.9 Å². The van der Waals surface area contributed by atoms with Gasteiger partial charge in [0.2, 0.25) is 0 Å². The minimum Gasteiger partial charge on any atom is -0.445 e. The average Bonchev–Trinajstić information content (AvgIpc) is 3.09. The van der Waals surface area contributed by atoms with Gasteiger partial charge in [0.25, 0.3) is 10.1 Å². The number of likely N-dealkylation sites (N-methyl/N-ethyl adjacent to an activating group) is 1. The zero-order chi connectivity index (χ0) is 18.6. The van der Waals surface area contributed by atoms with E-state index >= 15 is 0 Å². The zero-order valence-electron chi connectivity index (χ0n) is 14.7. The summed E-state index contributed by atoms with van der Waals surface area (Å²) in [5.41, 5.74) is 0. The summed E-state index contributed by atoms with van der Waals surface area (Å²) in [7, 11) is 0.111. The second-order valence-electron chi connectivity index (χ2n) is 6.02. The smallest absolute Gasteiger partial charge is 0.410 e. The van der Waals surface area contributed by atoms with Gasteiger partial charge in [-0.2, -0.15) is 13.5 Å². The Morgan fingerprint density at radius 1 is 1.56 bits per heavy atom. The Balaban J connectivity index is 2.11. The van der Waals surface area contributed by atoms with Gasteiger partial charge in [0.1, 0.15) is 12.4 Å². The Hall–Kier alpha value is -2.07. The van der Waals surface area contributed by atoms with Crippen LogP contribution in [0.5, 0.6) is 0 Å². The van der Waals surface area contributed by atoms with Crippen molar-refractivity contribution < 1.29 is 22.1 Å². The number of rotatable bonds is 7. The van der Waals surface area contributed by atoms with Crippen molar-refractivity contribution in [2.24, 2.45) is 7.05 Å². The van der Waals surface area contributed by atoms with Gasteiger partial charge in [-0.15, -0.1) is 0 Å². The summed E-state index contributed by atoms with van der Waals surface area (Å²) in [5, 5.41) is 4.13. The van der Waals surface area contributed by atoms with E-state index in [4.69, 9.17) is 8.92 Å². The molecule has 1 aliphatic rings. The third-order valence-corrected chi connectivity index (χ3v) is 4.54. The van der Waals surface area contributed by atoms with E-state index in [2.05, 4.69) is 11.7 Å². The summed E-state index contributed by atoms with van der Waals surface area (Å²) >= 11 is 0. The second kappa shape index (κ2) is 7.87. The molecule has 1 aromatic rings. The molecule has 0 saturated carbocycles. The van der Waals surface area contributed by atoms with Crippen LogP contribution in [0.25, 0.3) is 0 Å². The second-order valence-corrected chi connectivity index (χ2v) is 7.62. The summed E-state index contributed by atoms with van der Waals surface area (Å²) < 4.78 is 34.7. The standard InChI is InChI=1S/C15H24N4O5S/c1-5-8-23-15(20)19-11-13(24-25(4,21)22)9-12(19)10-17(2)14-6-7-16-18(14)3/h5-7,12-13H,1,8-11H2,2-4H3/t12-,13+/m0/s1. The lowest BCUT2D eigenvalue weighted by Gasteiger charge is -2.28. The van der Waals surface area contributed by atoms with Crippen LogP contribution >= 0.6 is 0 Å². The summed E-state index contributed by atoms with van der Waals surface area (Å²) in [6.07, 6.45) is 3.47. The van der Waals surface area contributed by atoms with E-state index in [1.165, 1.54) is 11.0 Å². The highest BCUT2D eigenvalue weighted by molar-refractivity contribution is 7.86. The van der Waals surface area contributed by atoms with Crippen LogP contribution in [-0.2, 0) is 26.1 Å². The van der Waals surface area contributed by atoms with Crippen molar-refractivity contribution in [2.45, 2.75) is 18.6 Å². The van der Waals surface area contributed by atoms with Crippen LogP contribution in [0.15, 0.2) is 24.9 Å². The van der Waals surface area contributed by atoms with Crippen LogP contribution in [0.1, 0.15) is 6.42 Å². The number of aromatic nitrogens is 2. The van der Waals surface area contributed by atoms with Gasteiger partial charge in [-0.3, -0.25) is 8.86 Å². The number of likely N-dealkylation sites (tertiary alicyclic amines) is 1. The fourth-order valence-electron chi connectivity index (χ4n) is 2.95. The van der Waals surface area contributed by atoms with E-state index in [0.29, 0.717) is 13.0 Å². The van der Waals surface area contributed by atoms with Gasteiger partial charge in [0, 0.05) is 26.7 Å². The van der Waals surface area contributed by atoms with Crippen LogP contribution in [0.3, 0.4) is 0 Å². The number of hydrogen-bond donors (Lipinski definition) is 0. The first kappa shape index (κ1) is 19.3. The van der Waals surface area contributed by atoms with Crippen molar-refractivity contribution >= 4 is 22.0 Å².